The molecule has 5 nitrogen and oxygen atoms in total. The van der Waals surface area contributed by atoms with E-state index in [1.165, 1.54) is 4.70 Å². The SMILES string of the molecule is Cc1nn(C)c2nc(N3CCC[C@@H](CO)C3)sc12. The highest BCUT2D eigenvalue weighted by Crippen LogP contribution is 2.32. The summed E-state index contributed by atoms with van der Waals surface area (Å²) in [5, 5.41) is 14.7. The minimum absolute atomic E-state index is 0.280. The number of nitrogens with zero attached hydrogens (tertiary/aromatic N) is 4. The van der Waals surface area contributed by atoms with Crippen LogP contribution in [-0.2, 0) is 7.05 Å². The van der Waals surface area contributed by atoms with Gasteiger partial charge in [-0.15, -0.1) is 0 Å². The number of piperidine rings is 1. The first kappa shape index (κ1) is 11.9. The minimum Gasteiger partial charge on any atom is -0.396 e. The summed E-state index contributed by atoms with van der Waals surface area (Å²) in [5.41, 5.74) is 2.02. The van der Waals surface area contributed by atoms with Crippen molar-refractivity contribution in [2.45, 2.75) is 19.8 Å². The Kier molecular flexibility index (Phi) is 2.99. The van der Waals surface area contributed by atoms with Gasteiger partial charge in [0.2, 0.25) is 0 Å². The van der Waals surface area contributed by atoms with Gasteiger partial charge in [0.25, 0.3) is 0 Å². The van der Waals surface area contributed by atoms with Gasteiger partial charge in [-0.05, 0) is 25.7 Å². The van der Waals surface area contributed by atoms with Crippen molar-refractivity contribution in [2.24, 2.45) is 13.0 Å². The first-order valence-electron chi connectivity index (χ1n) is 6.35. The molecular formula is C12H18N4OS. The highest BCUT2D eigenvalue weighted by Gasteiger charge is 2.23. The number of hydrogen-bond donors (Lipinski definition) is 1. The fourth-order valence-electron chi connectivity index (χ4n) is 2.60. The first-order chi connectivity index (χ1) is 8.69. The lowest BCUT2D eigenvalue weighted by atomic mass is 10.00. The van der Waals surface area contributed by atoms with Crippen LogP contribution in [0.1, 0.15) is 18.5 Å². The average molecular weight is 266 g/mol. The van der Waals surface area contributed by atoms with E-state index in [9.17, 15) is 5.11 Å². The molecule has 0 unspecified atom stereocenters. The molecule has 0 aromatic carbocycles. The van der Waals surface area contributed by atoms with Crippen LogP contribution in [-0.4, -0.2) is 39.6 Å². The second kappa shape index (κ2) is 4.51. The number of anilines is 1. The smallest absolute Gasteiger partial charge is 0.188 e. The predicted molar refractivity (Wildman–Crippen MR) is 73.1 cm³/mol. The van der Waals surface area contributed by atoms with E-state index < -0.39 is 0 Å². The van der Waals surface area contributed by atoms with Crippen LogP contribution in [0.2, 0.25) is 0 Å². The van der Waals surface area contributed by atoms with Crippen LogP contribution in [0.3, 0.4) is 0 Å². The fourth-order valence-corrected chi connectivity index (χ4v) is 3.66. The highest BCUT2D eigenvalue weighted by molar-refractivity contribution is 7.22. The lowest BCUT2D eigenvalue weighted by Gasteiger charge is -2.31. The fraction of sp³-hybridized carbons (Fsp3) is 0.667. The number of thiazole rings is 1. The maximum Gasteiger partial charge on any atom is 0.188 e. The average Bonchev–Trinajstić information content (AvgIpc) is 2.93. The molecular weight excluding hydrogens is 248 g/mol. The van der Waals surface area contributed by atoms with Crippen molar-refractivity contribution >= 4 is 26.8 Å². The zero-order valence-electron chi connectivity index (χ0n) is 10.8. The maximum absolute atomic E-state index is 9.29. The van der Waals surface area contributed by atoms with Gasteiger partial charge in [-0.1, -0.05) is 11.3 Å². The third-order valence-electron chi connectivity index (χ3n) is 3.58. The lowest BCUT2D eigenvalue weighted by Crippen LogP contribution is -2.36. The molecule has 1 N–H and O–H groups in total. The van der Waals surface area contributed by atoms with Crippen molar-refractivity contribution in [1.29, 1.82) is 0 Å². The molecule has 0 radical (unpaired) electrons. The van der Waals surface area contributed by atoms with E-state index in [2.05, 4.69) is 15.0 Å². The second-order valence-electron chi connectivity index (χ2n) is 5.00. The van der Waals surface area contributed by atoms with Crippen LogP contribution in [0.5, 0.6) is 0 Å². The van der Waals surface area contributed by atoms with Gasteiger partial charge < -0.3 is 10.0 Å². The zero-order chi connectivity index (χ0) is 12.7. The summed E-state index contributed by atoms with van der Waals surface area (Å²) in [6.07, 6.45) is 2.26. The topological polar surface area (TPSA) is 54.2 Å². The maximum atomic E-state index is 9.29. The molecule has 0 spiro atoms. The molecule has 18 heavy (non-hydrogen) atoms. The molecule has 1 saturated heterocycles. The van der Waals surface area contributed by atoms with Gasteiger partial charge in [-0.25, -0.2) is 9.67 Å². The summed E-state index contributed by atoms with van der Waals surface area (Å²) in [7, 11) is 1.94. The van der Waals surface area contributed by atoms with Crippen LogP contribution in [0.15, 0.2) is 0 Å². The van der Waals surface area contributed by atoms with Gasteiger partial charge in [0.05, 0.1) is 10.4 Å². The first-order valence-corrected chi connectivity index (χ1v) is 7.16. The number of aryl methyl sites for hydroxylation is 2. The van der Waals surface area contributed by atoms with Crippen LogP contribution in [0.4, 0.5) is 5.13 Å². The van der Waals surface area contributed by atoms with Crippen molar-refractivity contribution in [1.82, 2.24) is 14.8 Å². The Morgan fingerprint density at radius 3 is 3.06 bits per heavy atom. The number of aliphatic hydroxyl groups excluding tert-OH is 1. The van der Waals surface area contributed by atoms with E-state index in [1.54, 1.807) is 11.3 Å². The normalized spacial score (nSPS) is 20.8. The Morgan fingerprint density at radius 1 is 1.50 bits per heavy atom. The van der Waals surface area contributed by atoms with E-state index in [0.717, 1.165) is 42.4 Å². The molecule has 1 fully saturated rings. The molecule has 0 amide bonds. The molecule has 1 atom stereocenters. The Morgan fingerprint density at radius 2 is 2.33 bits per heavy atom. The standard InChI is InChI=1S/C12H18N4OS/c1-8-10-11(15(2)14-8)13-12(18-10)16-5-3-4-9(6-16)7-17/h9,17H,3-7H2,1-2H3/t9-/m1/s1. The number of aromatic nitrogens is 3. The second-order valence-corrected chi connectivity index (χ2v) is 5.97. The summed E-state index contributed by atoms with van der Waals surface area (Å²) in [6, 6.07) is 0. The van der Waals surface area contributed by atoms with Gasteiger partial charge in [-0.3, -0.25) is 0 Å². The van der Waals surface area contributed by atoms with Crippen molar-refractivity contribution in [3.05, 3.63) is 5.69 Å². The number of fused-ring (bicyclic) bond motifs is 1. The number of hydrogen-bond acceptors (Lipinski definition) is 5. The molecule has 0 bridgehead atoms. The summed E-state index contributed by atoms with van der Waals surface area (Å²) >= 11 is 1.71. The summed E-state index contributed by atoms with van der Waals surface area (Å²) < 4.78 is 3.02. The summed E-state index contributed by atoms with van der Waals surface area (Å²) in [6.45, 7) is 4.27. The minimum atomic E-state index is 0.280. The third kappa shape index (κ3) is 1.89. The Bertz CT molecular complexity index is 527. The van der Waals surface area contributed by atoms with E-state index >= 15 is 0 Å². The highest BCUT2D eigenvalue weighted by atomic mass is 32.1. The quantitative estimate of drug-likeness (QED) is 0.896. The molecule has 2 aromatic rings. The molecule has 6 heteroatoms. The van der Waals surface area contributed by atoms with Crippen LogP contribution in [0, 0.1) is 12.8 Å². The van der Waals surface area contributed by atoms with E-state index in [4.69, 9.17) is 0 Å². The Hall–Kier alpha value is -1.14. The van der Waals surface area contributed by atoms with Crippen molar-refractivity contribution in [3.63, 3.8) is 0 Å². The molecule has 0 saturated carbocycles. The van der Waals surface area contributed by atoms with E-state index in [0.29, 0.717) is 5.92 Å². The van der Waals surface area contributed by atoms with Crippen molar-refractivity contribution in [2.75, 3.05) is 24.6 Å². The monoisotopic (exact) mass is 266 g/mol. The molecule has 3 rings (SSSR count). The van der Waals surface area contributed by atoms with Gasteiger partial charge in [-0.2, -0.15) is 5.10 Å². The molecule has 3 heterocycles. The van der Waals surface area contributed by atoms with Gasteiger partial charge in [0, 0.05) is 26.7 Å². The predicted octanol–water partition coefficient (Wildman–Crippen LogP) is 1.55. The van der Waals surface area contributed by atoms with Crippen LogP contribution in [0.25, 0.3) is 10.3 Å². The van der Waals surface area contributed by atoms with E-state index in [1.807, 2.05) is 18.7 Å². The number of rotatable bonds is 2. The lowest BCUT2D eigenvalue weighted by molar-refractivity contribution is 0.208. The zero-order valence-corrected chi connectivity index (χ0v) is 11.6. The third-order valence-corrected chi connectivity index (χ3v) is 4.79. The molecule has 2 aromatic heterocycles. The van der Waals surface area contributed by atoms with Gasteiger partial charge >= 0.3 is 0 Å². The van der Waals surface area contributed by atoms with Crippen molar-refractivity contribution in [3.8, 4) is 0 Å². The van der Waals surface area contributed by atoms with Crippen LogP contribution < -0.4 is 4.90 Å². The Labute approximate surface area is 110 Å². The summed E-state index contributed by atoms with van der Waals surface area (Å²) in [5.74, 6) is 0.394. The molecule has 0 aliphatic carbocycles. The largest absolute Gasteiger partial charge is 0.396 e. The number of aliphatic hydroxyl groups is 1. The molecule has 1 aliphatic heterocycles. The van der Waals surface area contributed by atoms with Crippen LogP contribution >= 0.6 is 11.3 Å². The molecule has 1 aliphatic rings. The van der Waals surface area contributed by atoms with Gasteiger partial charge in [0.15, 0.2) is 10.8 Å². The summed E-state index contributed by atoms with van der Waals surface area (Å²) in [4.78, 5) is 6.99. The van der Waals surface area contributed by atoms with Gasteiger partial charge in [0.1, 0.15) is 0 Å². The van der Waals surface area contributed by atoms with E-state index in [-0.39, 0.29) is 6.61 Å². The Balaban J connectivity index is 1.92. The molecule has 98 valence electrons. The van der Waals surface area contributed by atoms with Crippen molar-refractivity contribution < 1.29 is 5.11 Å².